The number of hydrogen-bond donors (Lipinski definition) is 0. The highest BCUT2D eigenvalue weighted by molar-refractivity contribution is 6.30. The first kappa shape index (κ1) is 20.6. The molecular weight excluding hydrogens is 390 g/mol. The van der Waals surface area contributed by atoms with Crippen molar-refractivity contribution in [1.29, 1.82) is 0 Å². The summed E-state index contributed by atoms with van der Waals surface area (Å²) in [4.78, 5) is 23.6. The molecule has 2 unspecified atom stereocenters. The van der Waals surface area contributed by atoms with Crippen LogP contribution in [0.15, 0.2) is 84.0 Å². The molecule has 0 aliphatic carbocycles. The Kier molecular flexibility index (Phi) is 6.98. The average Bonchev–Trinajstić information content (AvgIpc) is 2.75. The van der Waals surface area contributed by atoms with Crippen molar-refractivity contribution < 1.29 is 14.3 Å². The summed E-state index contributed by atoms with van der Waals surface area (Å²) in [6.45, 7) is 1.72. The van der Waals surface area contributed by atoms with Gasteiger partial charge in [0.25, 0.3) is 0 Å². The van der Waals surface area contributed by atoms with Gasteiger partial charge >= 0.3 is 0 Å². The number of carbonyl (C=O) groups excluding carboxylic acids is 1. The Hall–Kier alpha value is -3.18. The summed E-state index contributed by atoms with van der Waals surface area (Å²) in [5.74, 6) is 1.72. The minimum Gasteiger partial charge on any atom is -0.488 e. The minimum absolute atomic E-state index is 0.00750. The Morgan fingerprint density at radius 1 is 0.897 bits per heavy atom. The summed E-state index contributed by atoms with van der Waals surface area (Å²) in [5.41, 5.74) is 0.553. The van der Waals surface area contributed by atoms with E-state index in [0.717, 1.165) is 0 Å². The Labute approximate surface area is 174 Å². The third kappa shape index (κ3) is 5.90. The standard InChI is InChI=1S/C23H20ClNO4/c1-16(22(25-27)15-23(26)17-5-3-2-4-6-17)28-19-11-13-21(14-12-19)29-20-9-7-18(24)8-10-20/h2-14,16,22H,15H2,1H3. The highest BCUT2D eigenvalue weighted by Crippen LogP contribution is 2.26. The maximum Gasteiger partial charge on any atom is 0.165 e. The number of benzene rings is 3. The van der Waals surface area contributed by atoms with E-state index in [2.05, 4.69) is 5.18 Å². The lowest BCUT2D eigenvalue weighted by Gasteiger charge is -2.19. The van der Waals surface area contributed by atoms with Crippen LogP contribution >= 0.6 is 11.6 Å². The first-order chi connectivity index (χ1) is 14.0. The number of ether oxygens (including phenoxy) is 2. The fourth-order valence-electron chi connectivity index (χ4n) is 2.74. The Balaban J connectivity index is 1.58. The number of ketones is 1. The molecule has 148 valence electrons. The van der Waals surface area contributed by atoms with E-state index in [9.17, 15) is 9.70 Å². The third-order valence-electron chi connectivity index (χ3n) is 4.36. The molecule has 29 heavy (non-hydrogen) atoms. The predicted molar refractivity (Wildman–Crippen MR) is 113 cm³/mol. The largest absolute Gasteiger partial charge is 0.488 e. The van der Waals surface area contributed by atoms with E-state index >= 15 is 0 Å². The van der Waals surface area contributed by atoms with Gasteiger partial charge in [-0.15, -0.1) is 0 Å². The van der Waals surface area contributed by atoms with Gasteiger partial charge < -0.3 is 9.47 Å². The molecule has 0 radical (unpaired) electrons. The molecule has 2 atom stereocenters. The lowest BCUT2D eigenvalue weighted by atomic mass is 10.0. The van der Waals surface area contributed by atoms with Gasteiger partial charge in [0.05, 0.1) is 0 Å². The second kappa shape index (κ2) is 9.85. The SMILES string of the molecule is CC(Oc1ccc(Oc2ccc(Cl)cc2)cc1)C(CC(=O)c1ccccc1)N=O. The molecule has 0 N–H and O–H groups in total. The molecule has 3 aromatic carbocycles. The van der Waals surface area contributed by atoms with Gasteiger partial charge in [-0.3, -0.25) is 4.79 Å². The lowest BCUT2D eigenvalue weighted by Crippen LogP contribution is -2.29. The highest BCUT2D eigenvalue weighted by atomic mass is 35.5. The van der Waals surface area contributed by atoms with E-state index in [1.165, 1.54) is 0 Å². The second-order valence-electron chi connectivity index (χ2n) is 6.52. The van der Waals surface area contributed by atoms with Crippen LogP contribution in [0.25, 0.3) is 0 Å². The van der Waals surface area contributed by atoms with Crippen molar-refractivity contribution in [3.63, 3.8) is 0 Å². The molecule has 0 saturated heterocycles. The quantitative estimate of drug-likeness (QED) is 0.307. The molecule has 0 amide bonds. The number of nitroso groups, excluding NO2 is 1. The van der Waals surface area contributed by atoms with Crippen LogP contribution < -0.4 is 9.47 Å². The van der Waals surface area contributed by atoms with Gasteiger partial charge in [0.2, 0.25) is 0 Å². The molecule has 0 aliphatic heterocycles. The molecular formula is C23H20ClNO4. The lowest BCUT2D eigenvalue weighted by molar-refractivity contribution is 0.0941. The Morgan fingerprint density at radius 3 is 2.03 bits per heavy atom. The first-order valence-corrected chi connectivity index (χ1v) is 9.54. The molecule has 0 heterocycles. The molecule has 0 saturated carbocycles. The van der Waals surface area contributed by atoms with Crippen molar-refractivity contribution >= 4 is 17.4 Å². The van der Waals surface area contributed by atoms with E-state index in [4.69, 9.17) is 21.1 Å². The Morgan fingerprint density at radius 2 is 1.45 bits per heavy atom. The molecule has 0 bridgehead atoms. The van der Waals surface area contributed by atoms with Crippen molar-refractivity contribution in [2.24, 2.45) is 5.18 Å². The van der Waals surface area contributed by atoms with Crippen molar-refractivity contribution in [2.45, 2.75) is 25.5 Å². The van der Waals surface area contributed by atoms with E-state index < -0.39 is 12.1 Å². The van der Waals surface area contributed by atoms with Gasteiger partial charge in [-0.25, -0.2) is 0 Å². The van der Waals surface area contributed by atoms with Gasteiger partial charge in [-0.05, 0) is 55.5 Å². The van der Waals surface area contributed by atoms with Gasteiger partial charge in [0, 0.05) is 17.0 Å². The van der Waals surface area contributed by atoms with E-state index in [-0.39, 0.29) is 12.2 Å². The molecule has 0 spiro atoms. The molecule has 0 aliphatic rings. The average molecular weight is 410 g/mol. The van der Waals surface area contributed by atoms with E-state index in [0.29, 0.717) is 27.8 Å². The fraction of sp³-hybridized carbons (Fsp3) is 0.174. The minimum atomic E-state index is -0.785. The summed E-state index contributed by atoms with van der Waals surface area (Å²) in [7, 11) is 0. The van der Waals surface area contributed by atoms with E-state index in [1.54, 1.807) is 79.7 Å². The number of halogens is 1. The van der Waals surface area contributed by atoms with Gasteiger partial charge in [-0.1, -0.05) is 47.1 Å². The van der Waals surface area contributed by atoms with Crippen molar-refractivity contribution in [3.05, 3.63) is 94.4 Å². The monoisotopic (exact) mass is 409 g/mol. The third-order valence-corrected chi connectivity index (χ3v) is 4.61. The summed E-state index contributed by atoms with van der Waals surface area (Å²) in [5, 5.41) is 3.74. The zero-order valence-corrected chi connectivity index (χ0v) is 16.6. The molecule has 3 rings (SSSR count). The summed E-state index contributed by atoms with van der Waals surface area (Å²) in [6.07, 6.45) is -0.560. The van der Waals surface area contributed by atoms with Crippen molar-refractivity contribution in [1.82, 2.24) is 0 Å². The molecule has 5 nitrogen and oxygen atoms in total. The fourth-order valence-corrected chi connectivity index (χ4v) is 2.86. The van der Waals surface area contributed by atoms with Crippen LogP contribution in [0, 0.1) is 4.91 Å². The maximum atomic E-state index is 12.3. The van der Waals surface area contributed by atoms with Crippen LogP contribution in [0.5, 0.6) is 17.2 Å². The normalized spacial score (nSPS) is 12.6. The maximum absolute atomic E-state index is 12.3. The summed E-state index contributed by atoms with van der Waals surface area (Å²) in [6, 6.07) is 22.1. The number of nitrogens with zero attached hydrogens (tertiary/aromatic N) is 1. The van der Waals surface area contributed by atoms with Crippen LogP contribution in [0.4, 0.5) is 0 Å². The predicted octanol–water partition coefficient (Wildman–Crippen LogP) is 6.31. The number of hydrogen-bond acceptors (Lipinski definition) is 5. The van der Waals surface area contributed by atoms with Crippen molar-refractivity contribution in [2.75, 3.05) is 0 Å². The van der Waals surface area contributed by atoms with Crippen LogP contribution in [-0.4, -0.2) is 17.9 Å². The summed E-state index contributed by atoms with van der Waals surface area (Å²) >= 11 is 5.86. The van der Waals surface area contributed by atoms with Crippen molar-refractivity contribution in [3.8, 4) is 17.2 Å². The van der Waals surface area contributed by atoms with Gasteiger partial charge in [0.15, 0.2) is 5.78 Å². The molecule has 6 heteroatoms. The number of rotatable bonds is 9. The smallest absolute Gasteiger partial charge is 0.165 e. The van der Waals surface area contributed by atoms with Crippen LogP contribution in [-0.2, 0) is 0 Å². The van der Waals surface area contributed by atoms with Crippen LogP contribution in [0.2, 0.25) is 5.02 Å². The summed E-state index contributed by atoms with van der Waals surface area (Å²) < 4.78 is 11.5. The first-order valence-electron chi connectivity index (χ1n) is 9.16. The topological polar surface area (TPSA) is 65.0 Å². The molecule has 3 aromatic rings. The zero-order chi connectivity index (χ0) is 20.6. The van der Waals surface area contributed by atoms with E-state index in [1.807, 2.05) is 6.07 Å². The van der Waals surface area contributed by atoms with Gasteiger partial charge in [-0.2, -0.15) is 4.91 Å². The van der Waals surface area contributed by atoms with Crippen LogP contribution in [0.1, 0.15) is 23.7 Å². The number of Topliss-reactive ketones (excluding diaryl/α,β-unsaturated/α-hetero) is 1. The second-order valence-corrected chi connectivity index (χ2v) is 6.95. The van der Waals surface area contributed by atoms with Gasteiger partial charge in [0.1, 0.15) is 29.4 Å². The molecule has 0 aromatic heterocycles. The van der Waals surface area contributed by atoms with Crippen LogP contribution in [0.3, 0.4) is 0 Å². The Bertz CT molecular complexity index is 943. The zero-order valence-electron chi connectivity index (χ0n) is 15.8. The number of carbonyl (C=O) groups is 1. The highest BCUT2D eigenvalue weighted by Gasteiger charge is 2.24. The molecule has 0 fully saturated rings.